The van der Waals surface area contributed by atoms with Crippen LogP contribution in [0.5, 0.6) is 0 Å². The van der Waals surface area contributed by atoms with Gasteiger partial charge in [0.25, 0.3) is 0 Å². The van der Waals surface area contributed by atoms with Crippen molar-refractivity contribution in [2.24, 2.45) is 10.9 Å². The second-order valence-electron chi connectivity index (χ2n) is 3.84. The number of rotatable bonds is 4. The fourth-order valence-electron chi connectivity index (χ4n) is 1.19. The van der Waals surface area contributed by atoms with Gasteiger partial charge in [-0.2, -0.15) is 0 Å². The molecule has 1 rings (SSSR count). The first-order chi connectivity index (χ1) is 8.29. The van der Waals surface area contributed by atoms with E-state index >= 15 is 0 Å². The highest BCUT2D eigenvalue weighted by atomic mass is 32.2. The molecular formula is C10H14FN3O3S. The second-order valence-corrected chi connectivity index (χ2v) is 6.08. The van der Waals surface area contributed by atoms with Gasteiger partial charge in [0.2, 0.25) is 10.0 Å². The van der Waals surface area contributed by atoms with Crippen molar-refractivity contribution in [2.75, 3.05) is 4.72 Å². The van der Waals surface area contributed by atoms with E-state index in [9.17, 15) is 12.8 Å². The maximum Gasteiger partial charge on any atom is 0.235 e. The van der Waals surface area contributed by atoms with E-state index in [-0.39, 0.29) is 11.3 Å². The molecule has 0 amide bonds. The lowest BCUT2D eigenvalue weighted by Gasteiger charge is -2.14. The Balaban J connectivity index is 3.31. The number of nitrogens with two attached hydrogens (primary N) is 1. The lowest BCUT2D eigenvalue weighted by Crippen LogP contribution is -2.25. The summed E-state index contributed by atoms with van der Waals surface area (Å²) in [5.41, 5.74) is 4.96. The first kappa shape index (κ1) is 14.2. The van der Waals surface area contributed by atoms with Gasteiger partial charge in [-0.05, 0) is 26.0 Å². The second kappa shape index (κ2) is 5.21. The van der Waals surface area contributed by atoms with E-state index in [1.54, 1.807) is 0 Å². The predicted molar refractivity (Wildman–Crippen MR) is 66.6 cm³/mol. The Morgan fingerprint density at radius 1 is 1.50 bits per heavy atom. The molecule has 1 aromatic rings. The van der Waals surface area contributed by atoms with Crippen molar-refractivity contribution in [3.05, 3.63) is 29.6 Å². The Kier molecular flexibility index (Phi) is 4.12. The van der Waals surface area contributed by atoms with Crippen LogP contribution in [0.1, 0.15) is 19.4 Å². The summed E-state index contributed by atoms with van der Waals surface area (Å²) in [6, 6.07) is 3.73. The Morgan fingerprint density at radius 2 is 2.11 bits per heavy atom. The van der Waals surface area contributed by atoms with Crippen LogP contribution in [0.2, 0.25) is 0 Å². The standard InChI is InChI=1S/C10H14FN3O3S/c1-6(2)18(16,17)14-8-5-3-4-7(11)9(8)10(12)13-15/h3-6,14-15H,1-2H3,(H2,12,13). The maximum absolute atomic E-state index is 13.6. The molecule has 0 unspecified atom stereocenters. The Hall–Kier alpha value is -1.83. The molecule has 0 spiro atoms. The summed E-state index contributed by atoms with van der Waals surface area (Å²) in [6.07, 6.45) is 0. The van der Waals surface area contributed by atoms with E-state index < -0.39 is 26.9 Å². The molecule has 0 heterocycles. The normalized spacial score (nSPS) is 12.8. The number of nitrogens with one attached hydrogen (secondary N) is 1. The summed E-state index contributed by atoms with van der Waals surface area (Å²) >= 11 is 0. The zero-order valence-electron chi connectivity index (χ0n) is 9.88. The van der Waals surface area contributed by atoms with Gasteiger partial charge in [0.15, 0.2) is 5.84 Å². The molecule has 0 saturated carbocycles. The van der Waals surface area contributed by atoms with Gasteiger partial charge in [-0.25, -0.2) is 12.8 Å². The molecule has 0 aromatic heterocycles. The number of anilines is 1. The molecule has 0 bridgehead atoms. The van der Waals surface area contributed by atoms with Crippen LogP contribution in [-0.2, 0) is 10.0 Å². The van der Waals surface area contributed by atoms with Crippen molar-refractivity contribution in [3.8, 4) is 0 Å². The molecule has 0 aliphatic heterocycles. The molecule has 0 radical (unpaired) electrons. The molecule has 0 saturated heterocycles. The Morgan fingerprint density at radius 3 is 2.61 bits per heavy atom. The lowest BCUT2D eigenvalue weighted by molar-refractivity contribution is 0.318. The summed E-state index contributed by atoms with van der Waals surface area (Å²) in [5, 5.41) is 10.5. The first-order valence-electron chi connectivity index (χ1n) is 5.07. The van der Waals surface area contributed by atoms with Gasteiger partial charge in [0.05, 0.1) is 16.5 Å². The molecular weight excluding hydrogens is 261 g/mol. The zero-order valence-corrected chi connectivity index (χ0v) is 10.7. The highest BCUT2D eigenvalue weighted by Crippen LogP contribution is 2.21. The molecule has 4 N–H and O–H groups in total. The highest BCUT2D eigenvalue weighted by molar-refractivity contribution is 7.93. The van der Waals surface area contributed by atoms with Gasteiger partial charge >= 0.3 is 0 Å². The molecule has 6 nitrogen and oxygen atoms in total. The Labute approximate surface area is 104 Å². The van der Waals surface area contributed by atoms with Crippen molar-refractivity contribution in [3.63, 3.8) is 0 Å². The zero-order chi connectivity index (χ0) is 13.9. The Bertz CT molecular complexity index is 570. The van der Waals surface area contributed by atoms with Gasteiger partial charge in [0.1, 0.15) is 5.82 Å². The number of benzene rings is 1. The monoisotopic (exact) mass is 275 g/mol. The molecule has 8 heteroatoms. The van der Waals surface area contributed by atoms with Crippen LogP contribution in [-0.4, -0.2) is 24.7 Å². The van der Waals surface area contributed by atoms with Crippen LogP contribution in [0.15, 0.2) is 23.4 Å². The number of hydrogen-bond acceptors (Lipinski definition) is 4. The number of halogens is 1. The predicted octanol–water partition coefficient (Wildman–Crippen LogP) is 1.07. The van der Waals surface area contributed by atoms with E-state index in [1.807, 2.05) is 0 Å². The van der Waals surface area contributed by atoms with Gasteiger partial charge in [-0.15, -0.1) is 0 Å². The number of amidine groups is 1. The fourth-order valence-corrected chi connectivity index (χ4v) is 1.90. The number of sulfonamides is 1. The minimum atomic E-state index is -3.64. The van der Waals surface area contributed by atoms with E-state index in [2.05, 4.69) is 9.88 Å². The summed E-state index contributed by atoms with van der Waals surface area (Å²) in [4.78, 5) is 0. The van der Waals surface area contributed by atoms with Gasteiger partial charge in [-0.1, -0.05) is 11.2 Å². The first-order valence-corrected chi connectivity index (χ1v) is 6.62. The van der Waals surface area contributed by atoms with Crippen LogP contribution in [0.3, 0.4) is 0 Å². The van der Waals surface area contributed by atoms with Crippen LogP contribution < -0.4 is 10.5 Å². The lowest BCUT2D eigenvalue weighted by atomic mass is 10.1. The summed E-state index contributed by atoms with van der Waals surface area (Å²) in [6.45, 7) is 2.95. The summed E-state index contributed by atoms with van der Waals surface area (Å²) < 4.78 is 39.2. The molecule has 0 aliphatic rings. The van der Waals surface area contributed by atoms with Crippen LogP contribution in [0, 0.1) is 5.82 Å². The summed E-state index contributed by atoms with van der Waals surface area (Å²) in [5.74, 6) is -1.29. The quantitative estimate of drug-likeness (QED) is 0.331. The van der Waals surface area contributed by atoms with Crippen molar-refractivity contribution < 1.29 is 18.0 Å². The van der Waals surface area contributed by atoms with Crippen LogP contribution in [0.4, 0.5) is 10.1 Å². The van der Waals surface area contributed by atoms with Crippen molar-refractivity contribution >= 4 is 21.5 Å². The van der Waals surface area contributed by atoms with Crippen LogP contribution >= 0.6 is 0 Å². The average molecular weight is 275 g/mol. The molecule has 0 aliphatic carbocycles. The van der Waals surface area contributed by atoms with Crippen molar-refractivity contribution in [1.29, 1.82) is 0 Å². The molecule has 1 aromatic carbocycles. The van der Waals surface area contributed by atoms with E-state index in [0.717, 1.165) is 6.07 Å². The van der Waals surface area contributed by atoms with Crippen molar-refractivity contribution in [1.82, 2.24) is 0 Å². The van der Waals surface area contributed by atoms with E-state index in [1.165, 1.54) is 26.0 Å². The minimum Gasteiger partial charge on any atom is -0.409 e. The highest BCUT2D eigenvalue weighted by Gasteiger charge is 2.20. The van der Waals surface area contributed by atoms with Gasteiger partial charge < -0.3 is 10.9 Å². The molecule has 100 valence electrons. The maximum atomic E-state index is 13.6. The van der Waals surface area contributed by atoms with Gasteiger partial charge in [0, 0.05) is 0 Å². The molecule has 0 fully saturated rings. The third-order valence-electron chi connectivity index (χ3n) is 2.25. The fraction of sp³-hybridized carbons (Fsp3) is 0.300. The number of oxime groups is 1. The minimum absolute atomic E-state index is 0.0704. The largest absolute Gasteiger partial charge is 0.409 e. The van der Waals surface area contributed by atoms with Crippen LogP contribution in [0.25, 0.3) is 0 Å². The summed E-state index contributed by atoms with van der Waals surface area (Å²) in [7, 11) is -3.64. The number of hydrogen-bond donors (Lipinski definition) is 3. The van der Waals surface area contributed by atoms with Crippen molar-refractivity contribution in [2.45, 2.75) is 19.1 Å². The average Bonchev–Trinajstić information content (AvgIpc) is 2.27. The van der Waals surface area contributed by atoms with Gasteiger partial charge in [-0.3, -0.25) is 4.72 Å². The van der Waals surface area contributed by atoms with E-state index in [4.69, 9.17) is 10.9 Å². The number of nitrogens with zero attached hydrogens (tertiary/aromatic N) is 1. The topological polar surface area (TPSA) is 105 Å². The third kappa shape index (κ3) is 2.89. The molecule has 0 atom stereocenters. The third-order valence-corrected chi connectivity index (χ3v) is 4.00. The molecule has 18 heavy (non-hydrogen) atoms. The SMILES string of the molecule is CC(C)S(=O)(=O)Nc1cccc(F)c1/C(N)=N/O. The van der Waals surface area contributed by atoms with E-state index in [0.29, 0.717) is 0 Å². The smallest absolute Gasteiger partial charge is 0.235 e.